The fraction of sp³-hybridized carbons (Fsp3) is 0.714. The Balaban J connectivity index is 2.17. The zero-order valence-corrected chi connectivity index (χ0v) is 10.5. The zero-order chi connectivity index (χ0) is 12.4. The number of carbonyl (C=O) groups is 2. The summed E-state index contributed by atoms with van der Waals surface area (Å²) in [5.74, 6) is -0.00141. The molecule has 4 rings (SSSR count). The highest BCUT2D eigenvalue weighted by molar-refractivity contribution is 5.95. The van der Waals surface area contributed by atoms with Crippen LogP contribution in [-0.2, 0) is 14.3 Å². The van der Waals surface area contributed by atoms with Crippen LogP contribution in [0.4, 0.5) is 0 Å². The van der Waals surface area contributed by atoms with Crippen molar-refractivity contribution >= 4 is 11.9 Å². The molecule has 1 saturated heterocycles. The summed E-state index contributed by atoms with van der Waals surface area (Å²) in [7, 11) is 0. The molecular weight excluding hydrogens is 216 g/mol. The molecule has 4 unspecified atom stereocenters. The van der Waals surface area contributed by atoms with Crippen LogP contribution in [0.3, 0.4) is 0 Å². The summed E-state index contributed by atoms with van der Waals surface area (Å²) in [5, 5.41) is 0. The highest BCUT2D eigenvalue weighted by Crippen LogP contribution is 2.61. The minimum absolute atomic E-state index is 0.0903. The molecule has 0 N–H and O–H groups in total. The van der Waals surface area contributed by atoms with Gasteiger partial charge in [-0.3, -0.25) is 9.59 Å². The largest absolute Gasteiger partial charge is 0.392 e. The zero-order valence-electron chi connectivity index (χ0n) is 10.5. The van der Waals surface area contributed by atoms with Gasteiger partial charge in [-0.05, 0) is 51.4 Å². The second-order valence-corrected chi connectivity index (χ2v) is 6.39. The molecule has 3 heteroatoms. The van der Waals surface area contributed by atoms with Crippen molar-refractivity contribution in [1.29, 1.82) is 0 Å². The number of esters is 2. The van der Waals surface area contributed by atoms with E-state index in [1.807, 2.05) is 20.8 Å². The van der Waals surface area contributed by atoms with Gasteiger partial charge in [0, 0.05) is 0 Å². The van der Waals surface area contributed by atoms with Crippen LogP contribution in [0.5, 0.6) is 0 Å². The van der Waals surface area contributed by atoms with Crippen molar-refractivity contribution in [2.75, 3.05) is 0 Å². The van der Waals surface area contributed by atoms with Gasteiger partial charge in [0.1, 0.15) is 0 Å². The highest BCUT2D eigenvalue weighted by Gasteiger charge is 2.65. The lowest BCUT2D eigenvalue weighted by Crippen LogP contribution is -2.62. The lowest BCUT2D eigenvalue weighted by Gasteiger charge is -2.57. The van der Waals surface area contributed by atoms with Gasteiger partial charge in [0.25, 0.3) is 0 Å². The number of cyclic esters (lactones) is 2. The van der Waals surface area contributed by atoms with Crippen molar-refractivity contribution in [2.45, 2.75) is 33.6 Å². The van der Waals surface area contributed by atoms with Crippen molar-refractivity contribution in [3.05, 3.63) is 12.2 Å². The van der Waals surface area contributed by atoms with E-state index in [1.54, 1.807) is 0 Å². The molecule has 1 heterocycles. The molecule has 0 aromatic rings. The molecule has 4 aliphatic rings. The van der Waals surface area contributed by atoms with E-state index >= 15 is 0 Å². The summed E-state index contributed by atoms with van der Waals surface area (Å²) in [4.78, 5) is 24.1. The number of fused-ring (bicyclic) bond motifs is 1. The molecule has 1 aliphatic heterocycles. The maximum absolute atomic E-state index is 12.2. The van der Waals surface area contributed by atoms with Crippen LogP contribution in [0.15, 0.2) is 12.2 Å². The fourth-order valence-corrected chi connectivity index (χ4v) is 4.31. The van der Waals surface area contributed by atoms with Gasteiger partial charge >= 0.3 is 11.9 Å². The van der Waals surface area contributed by atoms with E-state index in [2.05, 4.69) is 12.2 Å². The average Bonchev–Trinajstić information content (AvgIpc) is 2.28. The van der Waals surface area contributed by atoms with Crippen molar-refractivity contribution in [3.63, 3.8) is 0 Å². The van der Waals surface area contributed by atoms with E-state index in [9.17, 15) is 9.59 Å². The van der Waals surface area contributed by atoms with Gasteiger partial charge in [0.05, 0.1) is 10.8 Å². The molecule has 0 amide bonds. The summed E-state index contributed by atoms with van der Waals surface area (Å²) in [6.45, 7) is 5.81. The molecule has 2 bridgehead atoms. The Morgan fingerprint density at radius 2 is 1.82 bits per heavy atom. The predicted octanol–water partition coefficient (Wildman–Crippen LogP) is 2.31. The Morgan fingerprint density at radius 1 is 1.12 bits per heavy atom. The molecule has 3 nitrogen and oxygen atoms in total. The highest BCUT2D eigenvalue weighted by atomic mass is 16.6. The van der Waals surface area contributed by atoms with Crippen LogP contribution in [0.2, 0.25) is 0 Å². The molecule has 0 radical (unpaired) electrons. The Bertz CT molecular complexity index is 435. The Kier molecular flexibility index (Phi) is 1.94. The number of carbonyl (C=O) groups excluding carboxylic acids is 2. The standard InChI is InChI=1S/C14H18O3/c1-13(2)10-8-4-6-9(7-5-8)14(10,3)12(16)17-11(13)15/h4,6,8-10H,5,7H2,1-3H3. The molecular formula is C14H18O3. The third kappa shape index (κ3) is 1.12. The number of allylic oxidation sites excluding steroid dienone is 2. The molecule has 0 aromatic heterocycles. The van der Waals surface area contributed by atoms with E-state index < -0.39 is 10.8 Å². The number of rotatable bonds is 0. The molecule has 17 heavy (non-hydrogen) atoms. The molecule has 4 atom stereocenters. The minimum Gasteiger partial charge on any atom is -0.392 e. The van der Waals surface area contributed by atoms with Gasteiger partial charge in [0.15, 0.2) is 0 Å². The monoisotopic (exact) mass is 234 g/mol. The third-order valence-electron chi connectivity index (χ3n) is 5.17. The van der Waals surface area contributed by atoms with E-state index in [4.69, 9.17) is 4.74 Å². The Morgan fingerprint density at radius 3 is 2.41 bits per heavy atom. The number of hydrogen-bond donors (Lipinski definition) is 0. The molecule has 0 spiro atoms. The normalized spacial score (nSPS) is 46.6. The Labute approximate surface area is 101 Å². The van der Waals surface area contributed by atoms with E-state index in [-0.39, 0.29) is 23.8 Å². The number of hydrogen-bond acceptors (Lipinski definition) is 3. The van der Waals surface area contributed by atoms with Gasteiger partial charge in [-0.25, -0.2) is 0 Å². The van der Waals surface area contributed by atoms with Crippen LogP contribution >= 0.6 is 0 Å². The quantitative estimate of drug-likeness (QED) is 0.367. The van der Waals surface area contributed by atoms with Crippen LogP contribution in [0, 0.1) is 28.6 Å². The van der Waals surface area contributed by atoms with Crippen LogP contribution in [0.1, 0.15) is 33.6 Å². The van der Waals surface area contributed by atoms with Gasteiger partial charge in [0.2, 0.25) is 0 Å². The van der Waals surface area contributed by atoms with Crippen LogP contribution in [-0.4, -0.2) is 11.9 Å². The van der Waals surface area contributed by atoms with Gasteiger partial charge in [-0.1, -0.05) is 12.2 Å². The van der Waals surface area contributed by atoms with E-state index in [0.29, 0.717) is 5.92 Å². The summed E-state index contributed by atoms with van der Waals surface area (Å²) >= 11 is 0. The van der Waals surface area contributed by atoms with Gasteiger partial charge in [-0.15, -0.1) is 0 Å². The summed E-state index contributed by atoms with van der Waals surface area (Å²) in [5.41, 5.74) is -1.06. The summed E-state index contributed by atoms with van der Waals surface area (Å²) < 4.78 is 5.01. The topological polar surface area (TPSA) is 43.4 Å². The van der Waals surface area contributed by atoms with Crippen molar-refractivity contribution in [1.82, 2.24) is 0 Å². The maximum Gasteiger partial charge on any atom is 0.320 e. The molecule has 1 saturated carbocycles. The lowest BCUT2D eigenvalue weighted by molar-refractivity contribution is -0.204. The molecule has 92 valence electrons. The smallest absolute Gasteiger partial charge is 0.320 e. The SMILES string of the molecule is CC1(C)C(=O)OC(=O)C2(C)C3C=CC(CC3)C12. The first-order valence-corrected chi connectivity index (χ1v) is 6.33. The Hall–Kier alpha value is -1.12. The number of ether oxygens (including phenoxy) is 1. The third-order valence-corrected chi connectivity index (χ3v) is 5.17. The van der Waals surface area contributed by atoms with Crippen molar-refractivity contribution < 1.29 is 14.3 Å². The second kappa shape index (κ2) is 3.01. The first-order valence-electron chi connectivity index (χ1n) is 6.33. The summed E-state index contributed by atoms with van der Waals surface area (Å²) in [6.07, 6.45) is 6.48. The van der Waals surface area contributed by atoms with Crippen molar-refractivity contribution in [3.8, 4) is 0 Å². The predicted molar refractivity (Wildman–Crippen MR) is 61.8 cm³/mol. The summed E-state index contributed by atoms with van der Waals surface area (Å²) in [6, 6.07) is 0. The molecule has 0 aromatic carbocycles. The van der Waals surface area contributed by atoms with Gasteiger partial charge < -0.3 is 4.74 Å². The minimum atomic E-state index is -0.559. The van der Waals surface area contributed by atoms with E-state index in [0.717, 1.165) is 12.8 Å². The average molecular weight is 234 g/mol. The lowest BCUT2D eigenvalue weighted by atomic mass is 9.47. The maximum atomic E-state index is 12.2. The fourth-order valence-electron chi connectivity index (χ4n) is 4.31. The second-order valence-electron chi connectivity index (χ2n) is 6.39. The first kappa shape index (κ1) is 11.0. The molecule has 2 fully saturated rings. The van der Waals surface area contributed by atoms with Crippen molar-refractivity contribution in [2.24, 2.45) is 28.6 Å². The molecule has 3 aliphatic carbocycles. The van der Waals surface area contributed by atoms with Gasteiger partial charge in [-0.2, -0.15) is 0 Å². The van der Waals surface area contributed by atoms with E-state index in [1.165, 1.54) is 0 Å². The first-order chi connectivity index (χ1) is 7.88. The van der Waals surface area contributed by atoms with Crippen LogP contribution < -0.4 is 0 Å². The van der Waals surface area contributed by atoms with Crippen LogP contribution in [0.25, 0.3) is 0 Å².